The van der Waals surface area contributed by atoms with Gasteiger partial charge >= 0.3 is 0 Å². The average Bonchev–Trinajstić information content (AvgIpc) is 2.80. The van der Waals surface area contributed by atoms with Gasteiger partial charge in [-0.3, -0.25) is 5.10 Å². The second kappa shape index (κ2) is 4.94. The fourth-order valence-corrected chi connectivity index (χ4v) is 1.81. The fraction of sp³-hybridized carbons (Fsp3) is 0.308. The predicted octanol–water partition coefficient (Wildman–Crippen LogP) is 2.49. The molecule has 0 radical (unpaired) electrons. The van der Waals surface area contributed by atoms with Gasteiger partial charge in [0.25, 0.3) is 0 Å². The molecule has 0 unspecified atom stereocenters. The van der Waals surface area contributed by atoms with Crippen molar-refractivity contribution < 1.29 is 0 Å². The van der Waals surface area contributed by atoms with E-state index in [4.69, 9.17) is 0 Å². The summed E-state index contributed by atoms with van der Waals surface area (Å²) in [5.41, 5.74) is 5.01. The maximum absolute atomic E-state index is 4.00. The van der Waals surface area contributed by atoms with Gasteiger partial charge in [0.1, 0.15) is 0 Å². The third-order valence-corrected chi connectivity index (χ3v) is 2.64. The molecule has 0 saturated heterocycles. The number of aryl methyl sites for hydroxylation is 1. The molecule has 1 heterocycles. The van der Waals surface area contributed by atoms with Crippen molar-refractivity contribution in [3.05, 3.63) is 41.7 Å². The monoisotopic (exact) mass is 215 g/mol. The number of H-pyrrole nitrogens is 1. The molecule has 84 valence electrons. The van der Waals surface area contributed by atoms with E-state index in [1.54, 1.807) is 0 Å². The van der Waals surface area contributed by atoms with Crippen molar-refractivity contribution in [1.29, 1.82) is 0 Å². The highest BCUT2D eigenvalue weighted by Crippen LogP contribution is 2.23. The van der Waals surface area contributed by atoms with Gasteiger partial charge in [-0.25, -0.2) is 0 Å². The lowest BCUT2D eigenvalue weighted by molar-refractivity contribution is 0.727. The van der Waals surface area contributed by atoms with E-state index in [1.165, 1.54) is 16.7 Å². The van der Waals surface area contributed by atoms with Crippen LogP contribution in [0.15, 0.2) is 30.6 Å². The Hall–Kier alpha value is -1.61. The van der Waals surface area contributed by atoms with Crippen LogP contribution in [0.1, 0.15) is 18.1 Å². The molecule has 3 heteroatoms. The largest absolute Gasteiger partial charge is 0.313 e. The SMILES string of the molecule is CCNCc1cc(C)ccc1-c1cn[nH]c1. The number of aromatic amines is 1. The molecule has 2 rings (SSSR count). The number of rotatable bonds is 4. The molecule has 1 aromatic carbocycles. The van der Waals surface area contributed by atoms with Crippen molar-refractivity contribution in [2.75, 3.05) is 6.54 Å². The molecule has 0 aliphatic carbocycles. The first kappa shape index (κ1) is 10.9. The molecule has 0 aliphatic heterocycles. The van der Waals surface area contributed by atoms with E-state index in [9.17, 15) is 0 Å². The number of nitrogens with one attached hydrogen (secondary N) is 2. The molecule has 0 bridgehead atoms. The van der Waals surface area contributed by atoms with Crippen LogP contribution in [0.25, 0.3) is 11.1 Å². The summed E-state index contributed by atoms with van der Waals surface area (Å²) in [4.78, 5) is 0. The lowest BCUT2D eigenvalue weighted by Crippen LogP contribution is -2.12. The summed E-state index contributed by atoms with van der Waals surface area (Å²) in [5.74, 6) is 0. The van der Waals surface area contributed by atoms with Crippen LogP contribution in [0.4, 0.5) is 0 Å². The van der Waals surface area contributed by atoms with Crippen LogP contribution in [0.3, 0.4) is 0 Å². The summed E-state index contributed by atoms with van der Waals surface area (Å²) in [7, 11) is 0. The number of hydrogen-bond acceptors (Lipinski definition) is 2. The fourth-order valence-electron chi connectivity index (χ4n) is 1.81. The van der Waals surface area contributed by atoms with Crippen LogP contribution in [-0.2, 0) is 6.54 Å². The van der Waals surface area contributed by atoms with Crippen molar-refractivity contribution >= 4 is 0 Å². The van der Waals surface area contributed by atoms with Crippen molar-refractivity contribution in [1.82, 2.24) is 15.5 Å². The Morgan fingerprint density at radius 3 is 2.94 bits per heavy atom. The molecule has 3 nitrogen and oxygen atoms in total. The van der Waals surface area contributed by atoms with Gasteiger partial charge in [0.05, 0.1) is 6.20 Å². The van der Waals surface area contributed by atoms with Crippen molar-refractivity contribution in [2.24, 2.45) is 0 Å². The van der Waals surface area contributed by atoms with Gasteiger partial charge in [-0.15, -0.1) is 0 Å². The van der Waals surface area contributed by atoms with E-state index < -0.39 is 0 Å². The Balaban J connectivity index is 2.36. The molecule has 0 aliphatic rings. The highest BCUT2D eigenvalue weighted by Gasteiger charge is 2.05. The van der Waals surface area contributed by atoms with Crippen LogP contribution >= 0.6 is 0 Å². The maximum Gasteiger partial charge on any atom is 0.0565 e. The van der Waals surface area contributed by atoms with Crippen LogP contribution in [-0.4, -0.2) is 16.7 Å². The van der Waals surface area contributed by atoms with E-state index in [-0.39, 0.29) is 0 Å². The zero-order chi connectivity index (χ0) is 11.4. The smallest absolute Gasteiger partial charge is 0.0565 e. The number of aromatic nitrogens is 2. The van der Waals surface area contributed by atoms with E-state index in [1.807, 2.05) is 12.4 Å². The van der Waals surface area contributed by atoms with Crippen LogP contribution in [0.2, 0.25) is 0 Å². The van der Waals surface area contributed by atoms with Crippen molar-refractivity contribution in [3.8, 4) is 11.1 Å². The highest BCUT2D eigenvalue weighted by atomic mass is 15.1. The Labute approximate surface area is 95.9 Å². The van der Waals surface area contributed by atoms with Gasteiger partial charge in [-0.05, 0) is 24.6 Å². The minimum Gasteiger partial charge on any atom is -0.313 e. The first-order valence-corrected chi connectivity index (χ1v) is 5.60. The second-order valence-electron chi connectivity index (χ2n) is 3.93. The molecule has 2 aromatic rings. The van der Waals surface area contributed by atoms with Gasteiger partial charge < -0.3 is 5.32 Å². The van der Waals surface area contributed by atoms with Crippen LogP contribution in [0, 0.1) is 6.92 Å². The number of nitrogens with zero attached hydrogens (tertiary/aromatic N) is 1. The zero-order valence-corrected chi connectivity index (χ0v) is 9.75. The molecular formula is C13H17N3. The van der Waals surface area contributed by atoms with E-state index >= 15 is 0 Å². The summed E-state index contributed by atoms with van der Waals surface area (Å²) in [6.45, 7) is 6.12. The molecule has 0 amide bonds. The Kier molecular flexibility index (Phi) is 3.37. The van der Waals surface area contributed by atoms with Crippen molar-refractivity contribution in [3.63, 3.8) is 0 Å². The average molecular weight is 215 g/mol. The molecule has 0 spiro atoms. The maximum atomic E-state index is 4.00. The quantitative estimate of drug-likeness (QED) is 0.822. The first-order valence-electron chi connectivity index (χ1n) is 5.60. The minimum atomic E-state index is 0.901. The number of hydrogen-bond donors (Lipinski definition) is 2. The second-order valence-corrected chi connectivity index (χ2v) is 3.93. The summed E-state index contributed by atoms with van der Waals surface area (Å²) < 4.78 is 0. The molecule has 16 heavy (non-hydrogen) atoms. The van der Waals surface area contributed by atoms with E-state index in [2.05, 4.69) is 47.6 Å². The van der Waals surface area contributed by atoms with Gasteiger partial charge in [-0.1, -0.05) is 30.7 Å². The molecule has 2 N–H and O–H groups in total. The normalized spacial score (nSPS) is 10.6. The molecule has 1 aromatic heterocycles. The molecule has 0 saturated carbocycles. The minimum absolute atomic E-state index is 0.901. The van der Waals surface area contributed by atoms with Gasteiger partial charge in [0.15, 0.2) is 0 Å². The van der Waals surface area contributed by atoms with E-state index in [0.717, 1.165) is 18.7 Å². The topological polar surface area (TPSA) is 40.7 Å². The molecule has 0 atom stereocenters. The van der Waals surface area contributed by atoms with Crippen LogP contribution < -0.4 is 5.32 Å². The van der Waals surface area contributed by atoms with Crippen molar-refractivity contribution in [2.45, 2.75) is 20.4 Å². The third-order valence-electron chi connectivity index (χ3n) is 2.64. The Bertz CT molecular complexity index is 446. The first-order chi connectivity index (χ1) is 7.81. The Morgan fingerprint density at radius 1 is 1.38 bits per heavy atom. The Morgan fingerprint density at radius 2 is 2.25 bits per heavy atom. The summed E-state index contributed by atoms with van der Waals surface area (Å²) in [6.07, 6.45) is 3.79. The third kappa shape index (κ3) is 2.31. The lowest BCUT2D eigenvalue weighted by Gasteiger charge is -2.09. The van der Waals surface area contributed by atoms with Crippen LogP contribution in [0.5, 0.6) is 0 Å². The standard InChI is InChI=1S/C13H17N3/c1-3-14-7-11-6-10(2)4-5-13(11)12-8-15-16-9-12/h4-6,8-9,14H,3,7H2,1-2H3,(H,15,16). The van der Waals surface area contributed by atoms with Gasteiger partial charge in [0, 0.05) is 18.3 Å². The lowest BCUT2D eigenvalue weighted by atomic mass is 10.00. The zero-order valence-electron chi connectivity index (χ0n) is 9.75. The summed E-state index contributed by atoms with van der Waals surface area (Å²) >= 11 is 0. The molecular weight excluding hydrogens is 198 g/mol. The number of benzene rings is 1. The highest BCUT2D eigenvalue weighted by molar-refractivity contribution is 5.66. The van der Waals surface area contributed by atoms with Gasteiger partial charge in [-0.2, -0.15) is 5.10 Å². The molecule has 0 fully saturated rings. The predicted molar refractivity (Wildman–Crippen MR) is 66.1 cm³/mol. The van der Waals surface area contributed by atoms with E-state index in [0.29, 0.717) is 0 Å². The summed E-state index contributed by atoms with van der Waals surface area (Å²) in [6, 6.07) is 6.52. The summed E-state index contributed by atoms with van der Waals surface area (Å²) in [5, 5.41) is 10.2. The van der Waals surface area contributed by atoms with Gasteiger partial charge in [0.2, 0.25) is 0 Å².